The highest BCUT2D eigenvalue weighted by molar-refractivity contribution is 5.70. The van der Waals surface area contributed by atoms with Crippen molar-refractivity contribution in [3.63, 3.8) is 0 Å². The third-order valence-corrected chi connectivity index (χ3v) is 4.59. The van der Waals surface area contributed by atoms with Gasteiger partial charge in [-0.15, -0.1) is 0 Å². The topological polar surface area (TPSA) is 63.2 Å². The van der Waals surface area contributed by atoms with E-state index in [0.717, 1.165) is 51.4 Å². The first-order chi connectivity index (χ1) is 14.1. The summed E-state index contributed by atoms with van der Waals surface area (Å²) in [6.07, 6.45) is 7.00. The van der Waals surface area contributed by atoms with Crippen LogP contribution in [-0.4, -0.2) is 63.9 Å². The van der Waals surface area contributed by atoms with Gasteiger partial charge in [0, 0.05) is 26.4 Å². The molecule has 0 saturated carbocycles. The molecular weight excluding hydrogens is 372 g/mol. The molecule has 0 aliphatic rings. The Hall–Kier alpha value is -0.690. The van der Waals surface area contributed by atoms with Crippen LogP contribution in [0.2, 0.25) is 0 Å². The third-order valence-electron chi connectivity index (χ3n) is 4.59. The predicted molar refractivity (Wildman–Crippen MR) is 116 cm³/mol. The van der Waals surface area contributed by atoms with Crippen LogP contribution in [0, 0.1) is 0 Å². The van der Waals surface area contributed by atoms with Gasteiger partial charge in [-0.1, -0.05) is 53.4 Å². The quantitative estimate of drug-likeness (QED) is 0.195. The minimum atomic E-state index is -0.511. The van der Waals surface area contributed by atoms with Crippen molar-refractivity contribution in [1.82, 2.24) is 0 Å². The number of carbonyl (C=O) groups is 1. The number of ether oxygens (including phenoxy) is 5. The first-order valence-corrected chi connectivity index (χ1v) is 11.7. The molecule has 0 amide bonds. The Morgan fingerprint density at radius 1 is 0.724 bits per heavy atom. The van der Waals surface area contributed by atoms with Crippen molar-refractivity contribution >= 4 is 5.97 Å². The molecule has 0 bridgehead atoms. The first kappa shape index (κ1) is 28.3. The molecule has 0 fully saturated rings. The number of rotatable bonds is 21. The molecule has 0 aromatic heterocycles. The Labute approximate surface area is 178 Å². The predicted octanol–water partition coefficient (Wildman–Crippen LogP) is 4.92. The molecule has 0 spiro atoms. The molecule has 174 valence electrons. The van der Waals surface area contributed by atoms with Crippen LogP contribution in [0.1, 0.15) is 86.0 Å². The molecule has 6 nitrogen and oxygen atoms in total. The smallest absolute Gasteiger partial charge is 0.332 e. The van der Waals surface area contributed by atoms with Gasteiger partial charge in [-0.25, -0.2) is 4.79 Å². The highest BCUT2D eigenvalue weighted by atomic mass is 16.6. The van der Waals surface area contributed by atoms with E-state index in [9.17, 15) is 4.79 Å². The summed E-state index contributed by atoms with van der Waals surface area (Å²) in [7, 11) is 0. The zero-order valence-electron chi connectivity index (χ0n) is 19.6. The highest BCUT2D eigenvalue weighted by Crippen LogP contribution is 2.15. The van der Waals surface area contributed by atoms with E-state index in [0.29, 0.717) is 33.0 Å². The van der Waals surface area contributed by atoms with E-state index in [1.165, 1.54) is 0 Å². The second kappa shape index (κ2) is 20.6. The number of esters is 1. The van der Waals surface area contributed by atoms with Crippen LogP contribution in [0.3, 0.4) is 0 Å². The summed E-state index contributed by atoms with van der Waals surface area (Å²) in [6.45, 7) is 13.2. The lowest BCUT2D eigenvalue weighted by Crippen LogP contribution is -2.45. The molecule has 3 unspecified atom stereocenters. The second-order valence-corrected chi connectivity index (χ2v) is 7.48. The fourth-order valence-electron chi connectivity index (χ4n) is 2.66. The van der Waals surface area contributed by atoms with Gasteiger partial charge in [0.25, 0.3) is 0 Å². The maximum Gasteiger partial charge on any atom is 0.332 e. The maximum atomic E-state index is 12.3. The van der Waals surface area contributed by atoms with Crippen molar-refractivity contribution in [2.24, 2.45) is 0 Å². The molecule has 0 aromatic rings. The van der Waals surface area contributed by atoms with E-state index in [1.807, 2.05) is 6.92 Å². The van der Waals surface area contributed by atoms with E-state index in [1.54, 1.807) is 0 Å². The van der Waals surface area contributed by atoms with Gasteiger partial charge in [-0.2, -0.15) is 0 Å². The van der Waals surface area contributed by atoms with E-state index in [-0.39, 0.29) is 24.8 Å². The van der Waals surface area contributed by atoms with Crippen molar-refractivity contribution in [3.8, 4) is 0 Å². The normalized spacial score (nSPS) is 14.5. The van der Waals surface area contributed by atoms with Crippen molar-refractivity contribution in [3.05, 3.63) is 0 Å². The molecule has 0 rings (SSSR count). The number of hydrogen-bond acceptors (Lipinski definition) is 6. The van der Waals surface area contributed by atoms with Crippen molar-refractivity contribution < 1.29 is 28.5 Å². The number of carbonyl (C=O) groups excluding carboxylic acids is 1. The lowest BCUT2D eigenvalue weighted by atomic mass is 10.1. The zero-order valence-corrected chi connectivity index (χ0v) is 19.6. The minimum absolute atomic E-state index is 0.0434. The summed E-state index contributed by atoms with van der Waals surface area (Å²) < 4.78 is 29.0. The molecule has 3 atom stereocenters. The van der Waals surface area contributed by atoms with Crippen LogP contribution in [0.4, 0.5) is 0 Å². The molecule has 0 aliphatic carbocycles. The molecule has 0 radical (unpaired) electrons. The lowest BCUT2D eigenvalue weighted by molar-refractivity contribution is -0.180. The summed E-state index contributed by atoms with van der Waals surface area (Å²) in [5, 5.41) is 0. The summed E-state index contributed by atoms with van der Waals surface area (Å²) in [5.74, 6) is -0.380. The van der Waals surface area contributed by atoms with Gasteiger partial charge in [0.05, 0.1) is 12.7 Å². The SMILES string of the molecule is CCCCOCC(=O)OC(COCCCC)C(OCCCC)C(C)OCCCC. The molecule has 0 aliphatic heterocycles. The molecule has 0 heterocycles. The summed E-state index contributed by atoms with van der Waals surface area (Å²) in [4.78, 5) is 12.3. The van der Waals surface area contributed by atoms with Crippen molar-refractivity contribution in [2.45, 2.75) is 104 Å². The minimum Gasteiger partial charge on any atom is -0.455 e. The Bertz CT molecular complexity index is 363. The second-order valence-electron chi connectivity index (χ2n) is 7.48. The van der Waals surface area contributed by atoms with Crippen LogP contribution >= 0.6 is 0 Å². The van der Waals surface area contributed by atoms with Crippen LogP contribution < -0.4 is 0 Å². The average Bonchev–Trinajstić information content (AvgIpc) is 2.71. The summed E-state index contributed by atoms with van der Waals surface area (Å²) in [5.41, 5.74) is 0. The van der Waals surface area contributed by atoms with Gasteiger partial charge in [0.2, 0.25) is 0 Å². The van der Waals surface area contributed by atoms with E-state index in [2.05, 4.69) is 27.7 Å². The van der Waals surface area contributed by atoms with Gasteiger partial charge in [0.15, 0.2) is 6.10 Å². The van der Waals surface area contributed by atoms with Gasteiger partial charge in [-0.3, -0.25) is 0 Å². The fourth-order valence-corrected chi connectivity index (χ4v) is 2.66. The number of hydrogen-bond donors (Lipinski definition) is 0. The third kappa shape index (κ3) is 15.8. The molecule has 0 saturated heterocycles. The van der Waals surface area contributed by atoms with Crippen LogP contribution in [0.5, 0.6) is 0 Å². The zero-order chi connectivity index (χ0) is 21.7. The molecule has 0 aromatic carbocycles. The Morgan fingerprint density at radius 2 is 1.24 bits per heavy atom. The van der Waals surface area contributed by atoms with Gasteiger partial charge >= 0.3 is 5.97 Å². The highest BCUT2D eigenvalue weighted by Gasteiger charge is 2.32. The maximum absolute atomic E-state index is 12.3. The monoisotopic (exact) mass is 418 g/mol. The molecule has 0 N–H and O–H groups in total. The Morgan fingerprint density at radius 3 is 1.83 bits per heavy atom. The van der Waals surface area contributed by atoms with Crippen LogP contribution in [0.15, 0.2) is 0 Å². The first-order valence-electron chi connectivity index (χ1n) is 11.7. The fraction of sp³-hybridized carbons (Fsp3) is 0.957. The van der Waals surface area contributed by atoms with Crippen molar-refractivity contribution in [1.29, 1.82) is 0 Å². The van der Waals surface area contributed by atoms with Gasteiger partial charge in [-0.05, 0) is 32.6 Å². The molecule has 6 heteroatoms. The summed E-state index contributed by atoms with van der Waals surface area (Å²) in [6, 6.07) is 0. The number of unbranched alkanes of at least 4 members (excludes halogenated alkanes) is 4. The van der Waals surface area contributed by atoms with E-state index < -0.39 is 6.10 Å². The Kier molecular flexibility index (Phi) is 20.1. The standard InChI is InChI=1S/C23H46O6/c1-6-10-14-25-18-21(29-22(24)19-26-15-11-7-2)23(28-17-13-9-4)20(5)27-16-12-8-3/h20-21,23H,6-19H2,1-5H3. The van der Waals surface area contributed by atoms with Crippen molar-refractivity contribution in [2.75, 3.05) is 39.6 Å². The van der Waals surface area contributed by atoms with Gasteiger partial charge in [0.1, 0.15) is 12.7 Å². The molecule has 29 heavy (non-hydrogen) atoms. The average molecular weight is 419 g/mol. The van der Waals surface area contributed by atoms with Crippen LogP contribution in [0.25, 0.3) is 0 Å². The molecular formula is C23H46O6. The van der Waals surface area contributed by atoms with E-state index in [4.69, 9.17) is 23.7 Å². The van der Waals surface area contributed by atoms with Gasteiger partial charge < -0.3 is 23.7 Å². The van der Waals surface area contributed by atoms with E-state index >= 15 is 0 Å². The largest absolute Gasteiger partial charge is 0.455 e. The lowest BCUT2D eigenvalue weighted by Gasteiger charge is -2.31. The van der Waals surface area contributed by atoms with Crippen LogP contribution in [-0.2, 0) is 28.5 Å². The summed E-state index contributed by atoms with van der Waals surface area (Å²) >= 11 is 0. The Balaban J connectivity index is 4.94.